The number of carbonyl (C=O) groups is 2. The van der Waals surface area contributed by atoms with Crippen molar-refractivity contribution in [3.8, 4) is 0 Å². The van der Waals surface area contributed by atoms with E-state index in [1.807, 2.05) is 0 Å². The summed E-state index contributed by atoms with van der Waals surface area (Å²) in [5.41, 5.74) is -2.01. The van der Waals surface area contributed by atoms with Gasteiger partial charge in [-0.2, -0.15) is 22.0 Å². The van der Waals surface area contributed by atoms with Crippen LogP contribution in [0.15, 0.2) is 0 Å². The maximum absolute atomic E-state index is 13.2. The summed E-state index contributed by atoms with van der Waals surface area (Å²) in [7, 11) is 0. The Kier molecular flexibility index (Phi) is 10.2. The van der Waals surface area contributed by atoms with Crippen molar-refractivity contribution in [3.05, 3.63) is 0 Å². The molecule has 0 radical (unpaired) electrons. The van der Waals surface area contributed by atoms with E-state index in [9.17, 15) is 35.9 Å². The summed E-state index contributed by atoms with van der Waals surface area (Å²) in [5.74, 6) is -7.55. The fraction of sp³-hybridized carbons (Fsp3) is 0.882. The van der Waals surface area contributed by atoms with Crippen LogP contribution in [-0.2, 0) is 19.1 Å². The van der Waals surface area contributed by atoms with E-state index in [-0.39, 0.29) is 6.61 Å². The lowest BCUT2D eigenvalue weighted by atomic mass is 9.94. The predicted octanol–water partition coefficient (Wildman–Crippen LogP) is 5.00. The fourth-order valence-corrected chi connectivity index (χ4v) is 1.97. The molecular formula is C17H26F6O4. The first-order valence-corrected chi connectivity index (χ1v) is 8.69. The van der Waals surface area contributed by atoms with Crippen LogP contribution in [0.5, 0.6) is 0 Å². The van der Waals surface area contributed by atoms with Gasteiger partial charge in [-0.1, -0.05) is 39.0 Å². The van der Waals surface area contributed by atoms with Crippen LogP contribution in [0.1, 0.15) is 59.3 Å². The zero-order chi connectivity index (χ0) is 21.3. The molecule has 0 N–H and O–H groups in total. The molecule has 1 atom stereocenters. The highest BCUT2D eigenvalue weighted by Gasteiger charge is 2.58. The first kappa shape index (κ1) is 25.5. The number of ether oxygens (including phenoxy) is 2. The first-order chi connectivity index (χ1) is 12.3. The van der Waals surface area contributed by atoms with Crippen molar-refractivity contribution in [1.82, 2.24) is 0 Å². The molecule has 160 valence electrons. The largest absolute Gasteiger partial charge is 0.465 e. The Hall–Kier alpha value is -1.48. The second-order valence-electron chi connectivity index (χ2n) is 6.77. The van der Waals surface area contributed by atoms with E-state index in [0.717, 1.165) is 46.0 Å². The second-order valence-corrected chi connectivity index (χ2v) is 6.77. The van der Waals surface area contributed by atoms with Crippen molar-refractivity contribution in [2.75, 3.05) is 13.2 Å². The van der Waals surface area contributed by atoms with Crippen molar-refractivity contribution in [1.29, 1.82) is 0 Å². The minimum atomic E-state index is -5.80. The van der Waals surface area contributed by atoms with Crippen molar-refractivity contribution in [3.63, 3.8) is 0 Å². The number of unbranched alkanes of at least 4 members (excludes halogenated alkanes) is 5. The van der Waals surface area contributed by atoms with E-state index in [2.05, 4.69) is 11.7 Å². The lowest BCUT2D eigenvalue weighted by molar-refractivity contribution is -0.255. The average molecular weight is 408 g/mol. The van der Waals surface area contributed by atoms with Crippen LogP contribution in [0.25, 0.3) is 0 Å². The molecule has 0 saturated heterocycles. The van der Waals surface area contributed by atoms with Crippen LogP contribution < -0.4 is 0 Å². The second kappa shape index (κ2) is 10.8. The third-order valence-electron chi connectivity index (χ3n) is 3.81. The van der Waals surface area contributed by atoms with Crippen LogP contribution in [0.4, 0.5) is 26.3 Å². The maximum atomic E-state index is 13.2. The summed E-state index contributed by atoms with van der Waals surface area (Å²) < 4.78 is 84.1. The smallest absolute Gasteiger partial charge is 0.425 e. The van der Waals surface area contributed by atoms with Gasteiger partial charge in [-0.05, 0) is 20.3 Å². The van der Waals surface area contributed by atoms with Gasteiger partial charge in [0.1, 0.15) is 0 Å². The molecule has 0 fully saturated rings. The van der Waals surface area contributed by atoms with Crippen LogP contribution in [0.2, 0.25) is 0 Å². The standard InChI is InChI=1S/C17H26F6O4/c1-4-5-6-7-8-9-10-26-13(24)15(2,3)14(25)27-11-16(19,20)12(18)17(21,22)23/h12H,4-11H2,1-3H3. The van der Waals surface area contributed by atoms with Crippen LogP contribution in [0.3, 0.4) is 0 Å². The molecule has 0 aliphatic heterocycles. The van der Waals surface area contributed by atoms with Crippen molar-refractivity contribution in [2.24, 2.45) is 5.41 Å². The Morgan fingerprint density at radius 2 is 1.33 bits per heavy atom. The number of carbonyl (C=O) groups excluding carboxylic acids is 2. The van der Waals surface area contributed by atoms with E-state index in [1.165, 1.54) is 0 Å². The SMILES string of the molecule is CCCCCCCCOC(=O)C(C)(C)C(=O)OCC(F)(F)C(F)C(F)(F)F. The minimum Gasteiger partial charge on any atom is -0.465 e. The zero-order valence-electron chi connectivity index (χ0n) is 15.6. The third-order valence-corrected chi connectivity index (χ3v) is 3.81. The van der Waals surface area contributed by atoms with Gasteiger partial charge >= 0.3 is 24.0 Å². The van der Waals surface area contributed by atoms with Gasteiger partial charge in [-0.25, -0.2) is 4.39 Å². The Labute approximate surface area is 154 Å². The highest BCUT2D eigenvalue weighted by Crippen LogP contribution is 2.35. The highest BCUT2D eigenvalue weighted by molar-refractivity contribution is 5.99. The van der Waals surface area contributed by atoms with Crippen molar-refractivity contribution in [2.45, 2.75) is 77.6 Å². The maximum Gasteiger partial charge on any atom is 0.425 e. The molecule has 1 unspecified atom stereocenters. The van der Waals surface area contributed by atoms with Crippen LogP contribution in [-0.4, -0.2) is 43.4 Å². The van der Waals surface area contributed by atoms with Gasteiger partial charge in [-0.3, -0.25) is 9.59 Å². The normalized spacial score (nSPS) is 14.0. The molecule has 0 aromatic rings. The molecular weight excluding hydrogens is 382 g/mol. The molecule has 0 spiro atoms. The first-order valence-electron chi connectivity index (χ1n) is 8.69. The molecule has 4 nitrogen and oxygen atoms in total. The summed E-state index contributed by atoms with van der Waals surface area (Å²) in [6, 6.07) is 0. The molecule has 10 heteroatoms. The Bertz CT molecular complexity index is 477. The molecule has 0 bridgehead atoms. The average Bonchev–Trinajstić information content (AvgIpc) is 2.57. The summed E-state index contributed by atoms with van der Waals surface area (Å²) in [6.07, 6.45) is -4.76. The Balaban J connectivity index is 4.44. The van der Waals surface area contributed by atoms with E-state index < -0.39 is 42.2 Å². The van der Waals surface area contributed by atoms with E-state index in [4.69, 9.17) is 4.74 Å². The molecule has 0 heterocycles. The fourth-order valence-electron chi connectivity index (χ4n) is 1.97. The molecule has 0 aliphatic rings. The molecule has 0 saturated carbocycles. The summed E-state index contributed by atoms with van der Waals surface area (Å²) in [4.78, 5) is 23.7. The van der Waals surface area contributed by atoms with Gasteiger partial charge in [0.15, 0.2) is 12.0 Å². The van der Waals surface area contributed by atoms with Gasteiger partial charge in [0.05, 0.1) is 6.61 Å². The van der Waals surface area contributed by atoms with Gasteiger partial charge < -0.3 is 9.47 Å². The highest BCUT2D eigenvalue weighted by atomic mass is 19.4. The van der Waals surface area contributed by atoms with Crippen molar-refractivity contribution < 1.29 is 45.4 Å². The van der Waals surface area contributed by atoms with Crippen LogP contribution >= 0.6 is 0 Å². The molecule has 0 rings (SSSR count). The number of alkyl halides is 6. The minimum absolute atomic E-state index is 0.0124. The number of hydrogen-bond donors (Lipinski definition) is 0. The molecule has 27 heavy (non-hydrogen) atoms. The van der Waals surface area contributed by atoms with Crippen LogP contribution in [0, 0.1) is 5.41 Å². The number of esters is 2. The Morgan fingerprint density at radius 1 is 0.852 bits per heavy atom. The van der Waals surface area contributed by atoms with E-state index >= 15 is 0 Å². The van der Waals surface area contributed by atoms with Gasteiger partial charge in [0.25, 0.3) is 6.17 Å². The monoisotopic (exact) mass is 408 g/mol. The summed E-state index contributed by atoms with van der Waals surface area (Å²) >= 11 is 0. The van der Waals surface area contributed by atoms with Gasteiger partial charge in [0, 0.05) is 0 Å². The predicted molar refractivity (Wildman–Crippen MR) is 85.0 cm³/mol. The molecule has 0 aromatic heterocycles. The summed E-state index contributed by atoms with van der Waals surface area (Å²) in [5, 5.41) is 0. The Morgan fingerprint density at radius 3 is 1.85 bits per heavy atom. The lowest BCUT2D eigenvalue weighted by Crippen LogP contribution is -2.46. The summed E-state index contributed by atoms with van der Waals surface area (Å²) in [6.45, 7) is 1.98. The zero-order valence-corrected chi connectivity index (χ0v) is 15.6. The molecule has 0 aromatic carbocycles. The number of halogens is 6. The quantitative estimate of drug-likeness (QED) is 0.197. The molecule has 0 aliphatic carbocycles. The third kappa shape index (κ3) is 8.83. The topological polar surface area (TPSA) is 52.6 Å². The van der Waals surface area contributed by atoms with Gasteiger partial charge in [-0.15, -0.1) is 0 Å². The van der Waals surface area contributed by atoms with Gasteiger partial charge in [0.2, 0.25) is 0 Å². The van der Waals surface area contributed by atoms with E-state index in [0.29, 0.717) is 6.42 Å². The number of hydrogen-bond acceptors (Lipinski definition) is 4. The number of rotatable bonds is 12. The van der Waals surface area contributed by atoms with Crippen molar-refractivity contribution >= 4 is 11.9 Å². The molecule has 0 amide bonds. The lowest BCUT2D eigenvalue weighted by Gasteiger charge is -2.25. The van der Waals surface area contributed by atoms with E-state index in [1.54, 1.807) is 0 Å².